The molecule has 0 amide bonds. The van der Waals surface area contributed by atoms with Crippen LogP contribution in [-0.4, -0.2) is 9.97 Å². The minimum atomic E-state index is -4.45. The minimum Gasteiger partial charge on any atom is -0.436 e. The van der Waals surface area contributed by atoms with Gasteiger partial charge in [0.15, 0.2) is 5.58 Å². The van der Waals surface area contributed by atoms with Crippen molar-refractivity contribution in [1.29, 1.82) is 0 Å². The van der Waals surface area contributed by atoms with E-state index in [1.165, 1.54) is 18.3 Å². The molecule has 0 spiro atoms. The summed E-state index contributed by atoms with van der Waals surface area (Å²) in [5, 5.41) is 3.34. The highest BCUT2D eigenvalue weighted by Crippen LogP contribution is 2.39. The monoisotopic (exact) mass is 406 g/mol. The fraction of sp³-hybridized carbons (Fsp3) is 0.0526. The van der Waals surface area contributed by atoms with Crippen LogP contribution in [-0.2, 0) is 6.18 Å². The summed E-state index contributed by atoms with van der Waals surface area (Å²) < 4.78 is 70.6. The van der Waals surface area contributed by atoms with Gasteiger partial charge in [0.2, 0.25) is 17.8 Å². The van der Waals surface area contributed by atoms with E-state index in [4.69, 9.17) is 10.2 Å². The van der Waals surface area contributed by atoms with Gasteiger partial charge in [-0.2, -0.15) is 26.9 Å². The van der Waals surface area contributed by atoms with E-state index >= 15 is 0 Å². The fourth-order valence-corrected chi connectivity index (χ4v) is 2.87. The van der Waals surface area contributed by atoms with Gasteiger partial charge in [-0.25, -0.2) is 0 Å². The van der Waals surface area contributed by atoms with Crippen molar-refractivity contribution in [3.05, 3.63) is 66.1 Å². The van der Waals surface area contributed by atoms with Gasteiger partial charge < -0.3 is 15.5 Å². The molecule has 4 rings (SSSR count). The maximum atomic E-state index is 13.5. The molecule has 29 heavy (non-hydrogen) atoms. The van der Waals surface area contributed by atoms with Crippen LogP contribution in [0.25, 0.3) is 22.2 Å². The van der Waals surface area contributed by atoms with Gasteiger partial charge >= 0.3 is 6.18 Å². The van der Waals surface area contributed by atoms with Crippen molar-refractivity contribution >= 4 is 28.2 Å². The number of benzene rings is 1. The number of nitrogens with zero attached hydrogens (tertiary/aromatic N) is 2. The number of alkyl halides is 3. The average molecular weight is 406 g/mol. The summed E-state index contributed by atoms with van der Waals surface area (Å²) in [5.74, 6) is -2.12. The molecule has 10 heteroatoms. The molecule has 0 aliphatic rings. The fourth-order valence-electron chi connectivity index (χ4n) is 2.87. The second-order valence-corrected chi connectivity index (χ2v) is 6.08. The molecule has 0 fully saturated rings. The van der Waals surface area contributed by atoms with E-state index in [2.05, 4.69) is 15.3 Å². The van der Waals surface area contributed by atoms with Crippen LogP contribution in [0.3, 0.4) is 0 Å². The third-order valence-electron chi connectivity index (χ3n) is 4.15. The van der Waals surface area contributed by atoms with Crippen LogP contribution in [0.5, 0.6) is 0 Å². The molecule has 0 radical (unpaired) electrons. The van der Waals surface area contributed by atoms with Gasteiger partial charge in [0.25, 0.3) is 0 Å². The Morgan fingerprint density at radius 2 is 1.62 bits per heavy atom. The number of nitrogen functional groups attached to an aromatic ring is 1. The number of aromatic nitrogens is 2. The first-order valence-corrected chi connectivity index (χ1v) is 8.17. The molecule has 0 atom stereocenters. The molecule has 3 aromatic heterocycles. The molecular formula is C19H11F5N4O. The third kappa shape index (κ3) is 3.56. The van der Waals surface area contributed by atoms with Crippen molar-refractivity contribution < 1.29 is 26.4 Å². The predicted octanol–water partition coefficient (Wildman–Crippen LogP) is 5.51. The van der Waals surface area contributed by atoms with Crippen molar-refractivity contribution in [1.82, 2.24) is 9.97 Å². The summed E-state index contributed by atoms with van der Waals surface area (Å²) in [4.78, 5) is 7.13. The molecule has 0 unspecified atom stereocenters. The van der Waals surface area contributed by atoms with Crippen molar-refractivity contribution in [3.63, 3.8) is 0 Å². The number of rotatable bonds is 3. The Balaban J connectivity index is 1.76. The van der Waals surface area contributed by atoms with Crippen LogP contribution in [0.1, 0.15) is 5.56 Å². The molecule has 3 N–H and O–H groups in total. The zero-order valence-electron chi connectivity index (χ0n) is 14.4. The minimum absolute atomic E-state index is 0.0656. The first kappa shape index (κ1) is 18.7. The van der Waals surface area contributed by atoms with Crippen LogP contribution in [0, 0.1) is 11.9 Å². The lowest BCUT2D eigenvalue weighted by atomic mass is 10.1. The molecule has 0 saturated heterocycles. The lowest BCUT2D eigenvalue weighted by Crippen LogP contribution is -2.04. The second-order valence-electron chi connectivity index (χ2n) is 6.08. The van der Waals surface area contributed by atoms with E-state index in [1.807, 2.05) is 0 Å². The Bertz CT molecular complexity index is 1180. The normalized spacial score (nSPS) is 11.8. The summed E-state index contributed by atoms with van der Waals surface area (Å²) in [6.07, 6.45) is -3.06. The van der Waals surface area contributed by atoms with Gasteiger partial charge in [-0.1, -0.05) is 0 Å². The first-order valence-electron chi connectivity index (χ1n) is 8.17. The maximum Gasteiger partial charge on any atom is 0.416 e. The van der Waals surface area contributed by atoms with Crippen molar-refractivity contribution in [2.45, 2.75) is 6.18 Å². The van der Waals surface area contributed by atoms with E-state index in [-0.39, 0.29) is 22.7 Å². The van der Waals surface area contributed by atoms with Crippen LogP contribution in [0.4, 0.5) is 39.2 Å². The molecule has 1 aromatic carbocycles. The van der Waals surface area contributed by atoms with Gasteiger partial charge in [0.05, 0.1) is 10.9 Å². The number of fused-ring (bicyclic) bond motifs is 1. The molecule has 4 aromatic rings. The van der Waals surface area contributed by atoms with E-state index < -0.39 is 23.6 Å². The van der Waals surface area contributed by atoms with Crippen molar-refractivity contribution in [3.8, 4) is 11.3 Å². The van der Waals surface area contributed by atoms with Gasteiger partial charge in [-0.3, -0.25) is 4.98 Å². The van der Waals surface area contributed by atoms with E-state index in [1.54, 1.807) is 6.07 Å². The Kier molecular flexibility index (Phi) is 4.33. The molecule has 148 valence electrons. The largest absolute Gasteiger partial charge is 0.436 e. The van der Waals surface area contributed by atoms with Crippen molar-refractivity contribution in [2.75, 3.05) is 11.1 Å². The molecule has 0 aliphatic heterocycles. The lowest BCUT2D eigenvalue weighted by Gasteiger charge is -2.09. The summed E-state index contributed by atoms with van der Waals surface area (Å²) in [5.41, 5.74) is 6.13. The number of anilines is 3. The second kappa shape index (κ2) is 6.73. The molecule has 5 nitrogen and oxygen atoms in total. The first-order chi connectivity index (χ1) is 13.7. The van der Waals surface area contributed by atoms with E-state index in [9.17, 15) is 22.0 Å². The number of hydrogen-bond acceptors (Lipinski definition) is 5. The summed E-state index contributed by atoms with van der Waals surface area (Å²) in [7, 11) is 0. The highest BCUT2D eigenvalue weighted by molar-refractivity contribution is 6.03. The SMILES string of the molecule is Nc1oc2c(-c3cc(F)nc(F)c3)nccc2c1Nc1ccc(C(F)(F)F)cc1. The number of furan rings is 1. The molecular weight excluding hydrogens is 395 g/mol. The number of nitrogens with one attached hydrogen (secondary N) is 1. The Labute approximate surface area is 160 Å². The highest BCUT2D eigenvalue weighted by atomic mass is 19.4. The summed E-state index contributed by atoms with van der Waals surface area (Å²) in [6.45, 7) is 0. The van der Waals surface area contributed by atoms with Crippen LogP contribution in [0.15, 0.2) is 53.1 Å². The van der Waals surface area contributed by atoms with Gasteiger partial charge in [0, 0.05) is 29.6 Å². The van der Waals surface area contributed by atoms with Crippen LogP contribution >= 0.6 is 0 Å². The smallest absolute Gasteiger partial charge is 0.416 e. The van der Waals surface area contributed by atoms with E-state index in [0.29, 0.717) is 16.8 Å². The van der Waals surface area contributed by atoms with Gasteiger partial charge in [0.1, 0.15) is 11.4 Å². The third-order valence-corrected chi connectivity index (χ3v) is 4.15. The standard InChI is InChI=1S/C19H11F5N4O/c20-13-7-9(8-14(21)28-13)15-17-12(5-6-26-15)16(18(25)29-17)27-11-3-1-10(2-4-11)19(22,23)24/h1-8,27H,25H2. The molecule has 0 saturated carbocycles. The Morgan fingerprint density at radius 3 is 2.24 bits per heavy atom. The number of nitrogens with two attached hydrogens (primary N) is 1. The molecule has 0 aliphatic carbocycles. The lowest BCUT2D eigenvalue weighted by molar-refractivity contribution is -0.137. The molecule has 3 heterocycles. The number of halogens is 5. The van der Waals surface area contributed by atoms with Gasteiger partial charge in [-0.05, 0) is 30.3 Å². The Hall–Kier alpha value is -3.69. The quantitative estimate of drug-likeness (QED) is 0.346. The van der Waals surface area contributed by atoms with Crippen molar-refractivity contribution in [2.24, 2.45) is 0 Å². The summed E-state index contributed by atoms with van der Waals surface area (Å²) in [6, 6.07) is 7.89. The maximum absolute atomic E-state index is 13.5. The van der Waals surface area contributed by atoms with E-state index in [0.717, 1.165) is 24.3 Å². The topological polar surface area (TPSA) is 77.0 Å². The number of hydrogen-bond donors (Lipinski definition) is 2. The summed E-state index contributed by atoms with van der Waals surface area (Å²) >= 11 is 0. The highest BCUT2D eigenvalue weighted by Gasteiger charge is 2.30. The zero-order chi connectivity index (χ0) is 20.8. The van der Waals surface area contributed by atoms with Gasteiger partial charge in [-0.15, -0.1) is 0 Å². The number of pyridine rings is 2. The molecule has 0 bridgehead atoms. The Morgan fingerprint density at radius 1 is 0.966 bits per heavy atom. The zero-order valence-corrected chi connectivity index (χ0v) is 14.4. The average Bonchev–Trinajstić information content (AvgIpc) is 2.96. The van der Waals surface area contributed by atoms with Crippen LogP contribution in [0.2, 0.25) is 0 Å². The predicted molar refractivity (Wildman–Crippen MR) is 96.3 cm³/mol. The van der Waals surface area contributed by atoms with Crippen LogP contribution < -0.4 is 11.1 Å².